The molecule has 0 amide bonds. The van der Waals surface area contributed by atoms with Gasteiger partial charge in [-0.15, -0.1) is 0 Å². The van der Waals surface area contributed by atoms with E-state index in [1.54, 1.807) is 0 Å². The van der Waals surface area contributed by atoms with Gasteiger partial charge in [0.2, 0.25) is 0 Å². The predicted octanol–water partition coefficient (Wildman–Crippen LogP) is 2.16. The second-order valence-corrected chi connectivity index (χ2v) is 5.18. The Morgan fingerprint density at radius 1 is 0.833 bits per heavy atom. The van der Waals surface area contributed by atoms with Crippen molar-refractivity contribution in [3.05, 3.63) is 0 Å². The van der Waals surface area contributed by atoms with Crippen LogP contribution in [0.3, 0.4) is 0 Å². The zero-order chi connectivity index (χ0) is 8.13. The first kappa shape index (κ1) is 7.37. The average Bonchev–Trinajstić information content (AvgIpc) is 2.50. The fraction of sp³-hybridized carbons (Fsp3) is 1.00. The molecular weight excluding hydrogens is 146 g/mol. The third-order valence-electron chi connectivity index (χ3n) is 4.74. The van der Waals surface area contributed by atoms with Crippen molar-refractivity contribution in [1.29, 1.82) is 0 Å². The van der Waals surface area contributed by atoms with Gasteiger partial charge in [-0.2, -0.15) is 0 Å². The number of hydrogen-bond acceptors (Lipinski definition) is 1. The predicted molar refractivity (Wildman–Crippen MR) is 49.6 cm³/mol. The molecule has 0 aromatic carbocycles. The lowest BCUT2D eigenvalue weighted by Gasteiger charge is -2.39. The third-order valence-corrected chi connectivity index (χ3v) is 4.74. The maximum absolute atomic E-state index is 6.27. The van der Waals surface area contributed by atoms with E-state index in [1.165, 1.54) is 38.5 Å². The quantitative estimate of drug-likeness (QED) is 0.633. The number of rotatable bonds is 1. The van der Waals surface area contributed by atoms with Crippen molar-refractivity contribution in [1.82, 2.24) is 0 Å². The van der Waals surface area contributed by atoms with Crippen LogP contribution in [-0.4, -0.2) is 6.04 Å². The molecule has 3 aliphatic rings. The molecule has 4 atom stereocenters. The molecule has 3 rings (SSSR count). The van der Waals surface area contributed by atoms with Crippen molar-refractivity contribution in [2.24, 2.45) is 29.4 Å². The molecule has 2 bridgehead atoms. The van der Waals surface area contributed by atoms with Gasteiger partial charge in [0.05, 0.1) is 0 Å². The van der Waals surface area contributed by atoms with Crippen molar-refractivity contribution in [3.63, 3.8) is 0 Å². The van der Waals surface area contributed by atoms with E-state index in [2.05, 4.69) is 0 Å². The molecule has 0 aromatic rings. The Bertz CT molecular complexity index is 183. The van der Waals surface area contributed by atoms with Crippen molar-refractivity contribution in [2.45, 2.75) is 44.6 Å². The fourth-order valence-electron chi connectivity index (χ4n) is 3.90. The SMILES string of the molecule is NC1C2CCC(C2)C1C1CCC1. The van der Waals surface area contributed by atoms with Gasteiger partial charge in [0.15, 0.2) is 0 Å². The lowest BCUT2D eigenvalue weighted by molar-refractivity contribution is 0.128. The first-order valence-electron chi connectivity index (χ1n) is 5.62. The molecule has 0 spiro atoms. The van der Waals surface area contributed by atoms with E-state index in [1.807, 2.05) is 0 Å². The highest BCUT2D eigenvalue weighted by Gasteiger charge is 2.49. The molecule has 4 unspecified atom stereocenters. The highest BCUT2D eigenvalue weighted by atomic mass is 14.7. The third kappa shape index (κ3) is 0.834. The molecule has 3 aliphatic carbocycles. The van der Waals surface area contributed by atoms with Gasteiger partial charge in [0.25, 0.3) is 0 Å². The zero-order valence-corrected chi connectivity index (χ0v) is 7.71. The number of fused-ring (bicyclic) bond motifs is 2. The number of hydrogen-bond donors (Lipinski definition) is 1. The minimum atomic E-state index is 0.592. The number of nitrogens with two attached hydrogens (primary N) is 1. The monoisotopic (exact) mass is 165 g/mol. The van der Waals surface area contributed by atoms with Crippen LogP contribution in [0.2, 0.25) is 0 Å². The van der Waals surface area contributed by atoms with Crippen molar-refractivity contribution in [3.8, 4) is 0 Å². The van der Waals surface area contributed by atoms with E-state index in [-0.39, 0.29) is 0 Å². The molecule has 1 heteroatoms. The molecule has 0 radical (unpaired) electrons. The summed E-state index contributed by atoms with van der Waals surface area (Å²) in [5, 5.41) is 0. The topological polar surface area (TPSA) is 26.0 Å². The van der Waals surface area contributed by atoms with Crippen LogP contribution in [0.1, 0.15) is 38.5 Å². The minimum Gasteiger partial charge on any atom is -0.327 e. The van der Waals surface area contributed by atoms with Crippen LogP contribution in [-0.2, 0) is 0 Å². The Balaban J connectivity index is 1.77. The Hall–Kier alpha value is -0.0400. The molecule has 12 heavy (non-hydrogen) atoms. The summed E-state index contributed by atoms with van der Waals surface area (Å²) in [6.07, 6.45) is 8.87. The smallest absolute Gasteiger partial charge is 0.0101 e. The van der Waals surface area contributed by atoms with Crippen molar-refractivity contribution >= 4 is 0 Å². The lowest BCUT2D eigenvalue weighted by atomic mass is 9.68. The normalized spacial score (nSPS) is 52.8. The summed E-state index contributed by atoms with van der Waals surface area (Å²) in [7, 11) is 0. The summed E-state index contributed by atoms with van der Waals surface area (Å²) in [5.74, 6) is 3.93. The van der Waals surface area contributed by atoms with Crippen LogP contribution < -0.4 is 5.73 Å². The summed E-state index contributed by atoms with van der Waals surface area (Å²) in [5.41, 5.74) is 6.27. The van der Waals surface area contributed by atoms with Crippen LogP contribution in [0.4, 0.5) is 0 Å². The molecule has 1 nitrogen and oxygen atoms in total. The minimum absolute atomic E-state index is 0.592. The van der Waals surface area contributed by atoms with Gasteiger partial charge in [0, 0.05) is 6.04 Å². The van der Waals surface area contributed by atoms with Crippen LogP contribution in [0, 0.1) is 23.7 Å². The van der Waals surface area contributed by atoms with E-state index >= 15 is 0 Å². The Morgan fingerprint density at radius 2 is 1.58 bits per heavy atom. The lowest BCUT2D eigenvalue weighted by Crippen LogP contribution is -2.41. The molecule has 2 N–H and O–H groups in total. The maximum Gasteiger partial charge on any atom is 0.0101 e. The van der Waals surface area contributed by atoms with Gasteiger partial charge < -0.3 is 5.73 Å². The summed E-state index contributed by atoms with van der Waals surface area (Å²) in [4.78, 5) is 0. The Labute approximate surface area is 74.7 Å². The van der Waals surface area contributed by atoms with Crippen LogP contribution in [0.25, 0.3) is 0 Å². The van der Waals surface area contributed by atoms with Gasteiger partial charge >= 0.3 is 0 Å². The molecule has 68 valence electrons. The van der Waals surface area contributed by atoms with E-state index in [9.17, 15) is 0 Å². The zero-order valence-electron chi connectivity index (χ0n) is 7.71. The summed E-state index contributed by atoms with van der Waals surface area (Å²) in [6.45, 7) is 0. The second-order valence-electron chi connectivity index (χ2n) is 5.18. The van der Waals surface area contributed by atoms with Crippen molar-refractivity contribution in [2.75, 3.05) is 0 Å². The van der Waals surface area contributed by atoms with Gasteiger partial charge in [-0.25, -0.2) is 0 Å². The molecule has 0 aromatic heterocycles. The largest absolute Gasteiger partial charge is 0.327 e. The highest BCUT2D eigenvalue weighted by molar-refractivity contribution is 5.02. The molecule has 0 saturated heterocycles. The van der Waals surface area contributed by atoms with E-state index in [0.717, 1.165) is 23.7 Å². The van der Waals surface area contributed by atoms with E-state index < -0.39 is 0 Å². The first-order valence-corrected chi connectivity index (χ1v) is 5.62. The molecule has 3 fully saturated rings. The highest BCUT2D eigenvalue weighted by Crippen LogP contribution is 2.54. The van der Waals surface area contributed by atoms with Gasteiger partial charge in [-0.3, -0.25) is 0 Å². The first-order chi connectivity index (χ1) is 5.86. The Morgan fingerprint density at radius 3 is 2.08 bits per heavy atom. The van der Waals surface area contributed by atoms with E-state index in [0.29, 0.717) is 6.04 Å². The summed E-state index contributed by atoms with van der Waals surface area (Å²) >= 11 is 0. The average molecular weight is 165 g/mol. The molecule has 0 aliphatic heterocycles. The maximum atomic E-state index is 6.27. The van der Waals surface area contributed by atoms with Crippen LogP contribution in [0.15, 0.2) is 0 Å². The standard InChI is InChI=1S/C11H19N/c12-11-9-5-4-8(6-9)10(11)7-2-1-3-7/h7-11H,1-6,12H2. The van der Waals surface area contributed by atoms with E-state index in [4.69, 9.17) is 5.73 Å². The van der Waals surface area contributed by atoms with Gasteiger partial charge in [-0.1, -0.05) is 19.3 Å². The van der Waals surface area contributed by atoms with Gasteiger partial charge in [0.1, 0.15) is 0 Å². The summed E-state index contributed by atoms with van der Waals surface area (Å²) in [6, 6.07) is 0.592. The fourth-order valence-corrected chi connectivity index (χ4v) is 3.90. The van der Waals surface area contributed by atoms with Crippen LogP contribution >= 0.6 is 0 Å². The second kappa shape index (κ2) is 2.47. The Kier molecular flexibility index (Phi) is 1.52. The molecular formula is C11H19N. The summed E-state index contributed by atoms with van der Waals surface area (Å²) < 4.78 is 0. The van der Waals surface area contributed by atoms with Crippen molar-refractivity contribution < 1.29 is 0 Å². The van der Waals surface area contributed by atoms with Gasteiger partial charge in [-0.05, 0) is 42.9 Å². The van der Waals surface area contributed by atoms with Crippen LogP contribution in [0.5, 0.6) is 0 Å². The molecule has 3 saturated carbocycles. The molecule has 0 heterocycles.